The number of hydrogen-bond acceptors (Lipinski definition) is 3. The van der Waals surface area contributed by atoms with Crippen LogP contribution in [0.3, 0.4) is 0 Å². The number of amides is 1. The number of rotatable bonds is 7. The molecular weight excluding hydrogens is 396 g/mol. The van der Waals surface area contributed by atoms with Crippen LogP contribution in [0.2, 0.25) is 5.02 Å². The first-order valence-corrected chi connectivity index (χ1v) is 11.3. The first kappa shape index (κ1) is 20.8. The molecule has 2 aromatic carbocycles. The Bertz CT molecular complexity index is 937. The lowest BCUT2D eigenvalue weighted by atomic mass is 10.1. The topological polar surface area (TPSA) is 66.5 Å². The van der Waals surface area contributed by atoms with E-state index in [-0.39, 0.29) is 10.8 Å². The standard InChI is InChI=1S/C21H25ClN2O3S/c1-16-6-9-18(15-20(16)28(26,27)24-13-2-3-14-24)21(25)23-12-4-5-17-7-10-19(22)11-8-17/h6-11,15H,2-5,12-14H2,1H3,(H,23,25). The number of nitrogens with one attached hydrogen (secondary N) is 1. The third kappa shape index (κ3) is 4.93. The van der Waals surface area contributed by atoms with Gasteiger partial charge in [0.25, 0.3) is 5.91 Å². The smallest absolute Gasteiger partial charge is 0.251 e. The summed E-state index contributed by atoms with van der Waals surface area (Å²) in [7, 11) is -3.55. The van der Waals surface area contributed by atoms with Gasteiger partial charge in [0.2, 0.25) is 10.0 Å². The second-order valence-corrected chi connectivity index (χ2v) is 9.42. The minimum atomic E-state index is -3.55. The Morgan fingerprint density at radius 1 is 1.11 bits per heavy atom. The first-order valence-electron chi connectivity index (χ1n) is 9.51. The molecule has 0 aromatic heterocycles. The van der Waals surface area contributed by atoms with E-state index in [9.17, 15) is 13.2 Å². The van der Waals surface area contributed by atoms with Crippen LogP contribution in [0.25, 0.3) is 0 Å². The number of aryl methyl sites for hydroxylation is 2. The van der Waals surface area contributed by atoms with E-state index < -0.39 is 10.0 Å². The molecular formula is C21H25ClN2O3S. The van der Waals surface area contributed by atoms with Crippen LogP contribution in [0.1, 0.15) is 40.7 Å². The Hall–Kier alpha value is -1.89. The van der Waals surface area contributed by atoms with Crippen LogP contribution in [0.4, 0.5) is 0 Å². The van der Waals surface area contributed by atoms with Gasteiger partial charge in [0, 0.05) is 30.2 Å². The number of halogens is 1. The summed E-state index contributed by atoms with van der Waals surface area (Å²) in [5.74, 6) is -0.256. The largest absolute Gasteiger partial charge is 0.352 e. The van der Waals surface area contributed by atoms with Gasteiger partial charge in [0.1, 0.15) is 0 Å². The molecule has 0 radical (unpaired) electrons. The van der Waals surface area contributed by atoms with Crippen LogP contribution in [-0.4, -0.2) is 38.3 Å². The Balaban J connectivity index is 1.61. The molecule has 1 heterocycles. The monoisotopic (exact) mass is 420 g/mol. The van der Waals surface area contributed by atoms with Crippen LogP contribution in [0.15, 0.2) is 47.4 Å². The highest BCUT2D eigenvalue weighted by Gasteiger charge is 2.29. The average Bonchev–Trinajstić information content (AvgIpc) is 3.22. The lowest BCUT2D eigenvalue weighted by Crippen LogP contribution is -2.29. The summed E-state index contributed by atoms with van der Waals surface area (Å²) in [5, 5.41) is 3.58. The van der Waals surface area contributed by atoms with E-state index in [4.69, 9.17) is 11.6 Å². The van der Waals surface area contributed by atoms with Gasteiger partial charge in [0.15, 0.2) is 0 Å². The molecule has 1 fully saturated rings. The maximum atomic E-state index is 12.9. The van der Waals surface area contributed by atoms with Crippen LogP contribution < -0.4 is 5.32 Å². The number of carbonyl (C=O) groups excluding carboxylic acids is 1. The predicted molar refractivity (Wildman–Crippen MR) is 111 cm³/mol. The molecule has 1 aliphatic rings. The lowest BCUT2D eigenvalue weighted by Gasteiger charge is -2.17. The summed E-state index contributed by atoms with van der Waals surface area (Å²) in [6.07, 6.45) is 3.39. The highest BCUT2D eigenvalue weighted by atomic mass is 35.5. The first-order chi connectivity index (χ1) is 13.4. The Morgan fingerprint density at radius 2 is 1.79 bits per heavy atom. The molecule has 2 aromatic rings. The third-order valence-corrected chi connectivity index (χ3v) is 7.27. The van der Waals surface area contributed by atoms with E-state index in [1.807, 2.05) is 24.3 Å². The van der Waals surface area contributed by atoms with Crippen molar-refractivity contribution in [2.45, 2.75) is 37.5 Å². The van der Waals surface area contributed by atoms with Crippen molar-refractivity contribution in [2.24, 2.45) is 0 Å². The molecule has 1 N–H and O–H groups in total. The molecule has 28 heavy (non-hydrogen) atoms. The lowest BCUT2D eigenvalue weighted by molar-refractivity contribution is 0.0953. The van der Waals surface area contributed by atoms with Gasteiger partial charge in [-0.2, -0.15) is 4.31 Å². The van der Waals surface area contributed by atoms with Gasteiger partial charge in [-0.1, -0.05) is 29.8 Å². The Morgan fingerprint density at radius 3 is 2.46 bits per heavy atom. The van der Waals surface area contributed by atoms with Crippen molar-refractivity contribution < 1.29 is 13.2 Å². The van der Waals surface area contributed by atoms with Crippen molar-refractivity contribution in [3.63, 3.8) is 0 Å². The van der Waals surface area contributed by atoms with Gasteiger partial charge < -0.3 is 5.32 Å². The van der Waals surface area contributed by atoms with Crippen molar-refractivity contribution >= 4 is 27.5 Å². The fraction of sp³-hybridized carbons (Fsp3) is 0.381. The minimum Gasteiger partial charge on any atom is -0.352 e. The zero-order valence-corrected chi connectivity index (χ0v) is 17.5. The molecule has 0 unspecified atom stereocenters. The van der Waals surface area contributed by atoms with Crippen molar-refractivity contribution in [2.75, 3.05) is 19.6 Å². The van der Waals surface area contributed by atoms with Gasteiger partial charge in [-0.15, -0.1) is 0 Å². The van der Waals surface area contributed by atoms with Crippen molar-refractivity contribution in [3.8, 4) is 0 Å². The quantitative estimate of drug-likeness (QED) is 0.693. The molecule has 0 bridgehead atoms. The maximum Gasteiger partial charge on any atom is 0.251 e. The van der Waals surface area contributed by atoms with Crippen LogP contribution >= 0.6 is 11.6 Å². The molecule has 0 saturated carbocycles. The van der Waals surface area contributed by atoms with Gasteiger partial charge in [-0.3, -0.25) is 4.79 Å². The van der Waals surface area contributed by atoms with E-state index in [2.05, 4.69) is 5.32 Å². The summed E-state index contributed by atoms with van der Waals surface area (Å²) in [4.78, 5) is 12.7. The van der Waals surface area contributed by atoms with Crippen LogP contribution in [0.5, 0.6) is 0 Å². The zero-order chi connectivity index (χ0) is 20.1. The maximum absolute atomic E-state index is 12.9. The van der Waals surface area contributed by atoms with Crippen molar-refractivity contribution in [3.05, 3.63) is 64.2 Å². The highest BCUT2D eigenvalue weighted by Crippen LogP contribution is 2.24. The molecule has 1 aliphatic heterocycles. The minimum absolute atomic E-state index is 0.225. The van der Waals surface area contributed by atoms with E-state index in [1.54, 1.807) is 19.1 Å². The number of nitrogens with zero attached hydrogens (tertiary/aromatic N) is 1. The molecule has 1 saturated heterocycles. The highest BCUT2D eigenvalue weighted by molar-refractivity contribution is 7.89. The fourth-order valence-electron chi connectivity index (χ4n) is 3.33. The fourth-order valence-corrected chi connectivity index (χ4v) is 5.23. The van der Waals surface area contributed by atoms with Crippen molar-refractivity contribution in [1.29, 1.82) is 0 Å². The molecule has 150 valence electrons. The van der Waals surface area contributed by atoms with Crippen molar-refractivity contribution in [1.82, 2.24) is 9.62 Å². The molecule has 5 nitrogen and oxygen atoms in total. The number of sulfonamides is 1. The Labute approximate surface area is 171 Å². The molecule has 0 atom stereocenters. The van der Waals surface area contributed by atoms with E-state index in [0.717, 1.165) is 31.2 Å². The second-order valence-electron chi connectivity index (χ2n) is 7.08. The molecule has 7 heteroatoms. The zero-order valence-electron chi connectivity index (χ0n) is 15.9. The summed E-state index contributed by atoms with van der Waals surface area (Å²) in [5.41, 5.74) is 2.19. The SMILES string of the molecule is Cc1ccc(C(=O)NCCCc2ccc(Cl)cc2)cc1S(=O)(=O)N1CCCC1. The molecule has 0 spiro atoms. The summed E-state index contributed by atoms with van der Waals surface area (Å²) >= 11 is 5.88. The Kier molecular flexibility index (Phi) is 6.75. The molecule has 0 aliphatic carbocycles. The van der Waals surface area contributed by atoms with E-state index in [0.29, 0.717) is 35.8 Å². The summed E-state index contributed by atoms with van der Waals surface area (Å²) in [6, 6.07) is 12.5. The summed E-state index contributed by atoms with van der Waals surface area (Å²) in [6.45, 7) is 3.37. The molecule has 3 rings (SSSR count). The van der Waals surface area contributed by atoms with Gasteiger partial charge >= 0.3 is 0 Å². The van der Waals surface area contributed by atoms with Gasteiger partial charge in [0.05, 0.1) is 4.90 Å². The van der Waals surface area contributed by atoms with Crippen LogP contribution in [0, 0.1) is 6.92 Å². The van der Waals surface area contributed by atoms with Gasteiger partial charge in [-0.25, -0.2) is 8.42 Å². The van der Waals surface area contributed by atoms with Gasteiger partial charge in [-0.05, 0) is 68.0 Å². The number of benzene rings is 2. The predicted octanol–water partition coefficient (Wildman–Crippen LogP) is 3.80. The van der Waals surface area contributed by atoms with Crippen LogP contribution in [-0.2, 0) is 16.4 Å². The van der Waals surface area contributed by atoms with E-state index in [1.165, 1.54) is 10.4 Å². The number of carbonyl (C=O) groups is 1. The number of hydrogen-bond donors (Lipinski definition) is 1. The second kappa shape index (κ2) is 9.07. The normalized spacial score (nSPS) is 14.9. The summed E-state index contributed by atoms with van der Waals surface area (Å²) < 4.78 is 27.2. The molecule has 1 amide bonds. The third-order valence-electron chi connectivity index (χ3n) is 4.97. The van der Waals surface area contributed by atoms with E-state index >= 15 is 0 Å². The average molecular weight is 421 g/mol.